The van der Waals surface area contributed by atoms with Gasteiger partial charge in [-0.15, -0.1) is 10.9 Å². The third-order valence-electron chi connectivity index (χ3n) is 2.86. The molecule has 1 heterocycles. The molecule has 0 spiro atoms. The molecule has 90 valence electrons. The molecule has 16 heavy (non-hydrogen) atoms. The Balaban J connectivity index is 2.65. The van der Waals surface area contributed by atoms with E-state index < -0.39 is 0 Å². The third kappa shape index (κ3) is 3.49. The van der Waals surface area contributed by atoms with Crippen LogP contribution in [-0.4, -0.2) is 49.2 Å². The van der Waals surface area contributed by atoms with Gasteiger partial charge in [0.05, 0.1) is 19.4 Å². The molecule has 0 bridgehead atoms. The van der Waals surface area contributed by atoms with Gasteiger partial charge in [-0.3, -0.25) is 4.90 Å². The Morgan fingerprint density at radius 3 is 2.69 bits per heavy atom. The fourth-order valence-corrected chi connectivity index (χ4v) is 1.69. The Morgan fingerprint density at radius 2 is 2.19 bits per heavy atom. The van der Waals surface area contributed by atoms with Crippen LogP contribution in [0.5, 0.6) is 0 Å². The zero-order valence-corrected chi connectivity index (χ0v) is 10.1. The summed E-state index contributed by atoms with van der Waals surface area (Å²) in [4.78, 5) is 2.30. The SMILES string of the molecule is C=C=C(CN1CCOCC1)C(C)(C)C=NO. The van der Waals surface area contributed by atoms with Gasteiger partial charge in [0.25, 0.3) is 0 Å². The summed E-state index contributed by atoms with van der Waals surface area (Å²) in [7, 11) is 0. The molecule has 0 aromatic rings. The number of nitrogens with zero attached hydrogens (tertiary/aromatic N) is 2. The van der Waals surface area contributed by atoms with Gasteiger partial charge >= 0.3 is 0 Å². The van der Waals surface area contributed by atoms with Crippen LogP contribution in [0.25, 0.3) is 0 Å². The Morgan fingerprint density at radius 1 is 1.56 bits per heavy atom. The van der Waals surface area contributed by atoms with E-state index in [4.69, 9.17) is 9.94 Å². The highest BCUT2D eigenvalue weighted by atomic mass is 16.5. The minimum Gasteiger partial charge on any atom is -0.411 e. The van der Waals surface area contributed by atoms with Crippen LogP contribution in [0, 0.1) is 5.41 Å². The predicted molar refractivity (Wildman–Crippen MR) is 64.0 cm³/mol. The van der Waals surface area contributed by atoms with Crippen LogP contribution in [0.15, 0.2) is 23.0 Å². The average molecular weight is 224 g/mol. The van der Waals surface area contributed by atoms with Gasteiger partial charge in [0.1, 0.15) is 0 Å². The fraction of sp³-hybridized carbons (Fsp3) is 0.667. The summed E-state index contributed by atoms with van der Waals surface area (Å²) >= 11 is 0. The number of oxime groups is 1. The van der Waals surface area contributed by atoms with Gasteiger partial charge in [0.2, 0.25) is 0 Å². The molecule has 0 atom stereocenters. The Hall–Kier alpha value is -1.09. The number of rotatable bonds is 4. The first-order valence-electron chi connectivity index (χ1n) is 5.48. The van der Waals surface area contributed by atoms with E-state index >= 15 is 0 Å². The average Bonchev–Trinajstić information content (AvgIpc) is 2.27. The first-order chi connectivity index (χ1) is 7.60. The maximum absolute atomic E-state index is 8.63. The van der Waals surface area contributed by atoms with Gasteiger partial charge in [-0.05, 0) is 5.57 Å². The quantitative estimate of drug-likeness (QED) is 0.341. The number of ether oxygens (including phenoxy) is 1. The first-order valence-corrected chi connectivity index (χ1v) is 5.48. The van der Waals surface area contributed by atoms with Crippen molar-refractivity contribution in [1.29, 1.82) is 0 Å². The molecular weight excluding hydrogens is 204 g/mol. The Kier molecular flexibility index (Phi) is 4.74. The maximum atomic E-state index is 8.63. The van der Waals surface area contributed by atoms with Gasteiger partial charge in [-0.25, -0.2) is 0 Å². The van der Waals surface area contributed by atoms with Crippen molar-refractivity contribution in [2.45, 2.75) is 13.8 Å². The molecule has 0 aromatic carbocycles. The standard InChI is InChI=1S/C12H20N2O2/c1-4-11(12(2,3)10-13-15)9-14-5-7-16-8-6-14/h10,15H,1,5-9H2,2-3H3. The Bertz CT molecular complexity index is 298. The summed E-state index contributed by atoms with van der Waals surface area (Å²) in [6.45, 7) is 11.9. The van der Waals surface area contributed by atoms with E-state index in [1.165, 1.54) is 6.21 Å². The molecule has 4 nitrogen and oxygen atoms in total. The molecule has 0 amide bonds. The van der Waals surface area contributed by atoms with Crippen molar-refractivity contribution in [3.63, 3.8) is 0 Å². The van der Waals surface area contributed by atoms with Gasteiger partial charge in [0, 0.05) is 25.0 Å². The zero-order valence-electron chi connectivity index (χ0n) is 10.1. The molecule has 0 aliphatic carbocycles. The molecule has 1 fully saturated rings. The second kappa shape index (κ2) is 5.85. The van der Waals surface area contributed by atoms with Crippen LogP contribution in [-0.2, 0) is 4.74 Å². The largest absolute Gasteiger partial charge is 0.411 e. The van der Waals surface area contributed by atoms with Crippen LogP contribution < -0.4 is 0 Å². The number of hydrogen-bond donors (Lipinski definition) is 1. The molecule has 1 N–H and O–H groups in total. The van der Waals surface area contributed by atoms with Gasteiger partial charge in [-0.2, -0.15) is 0 Å². The van der Waals surface area contributed by atoms with Gasteiger partial charge in [-0.1, -0.05) is 20.4 Å². The van der Waals surface area contributed by atoms with Crippen molar-refractivity contribution < 1.29 is 9.94 Å². The van der Waals surface area contributed by atoms with E-state index in [1.54, 1.807) is 0 Å². The first kappa shape index (κ1) is 13.0. The molecule has 4 heteroatoms. The molecule has 0 radical (unpaired) electrons. The number of morpholine rings is 1. The van der Waals surface area contributed by atoms with Gasteiger partial charge in [0.15, 0.2) is 0 Å². The molecule has 1 aliphatic heterocycles. The van der Waals surface area contributed by atoms with Crippen LogP contribution in [0.4, 0.5) is 0 Å². The monoisotopic (exact) mass is 224 g/mol. The van der Waals surface area contributed by atoms with Crippen LogP contribution >= 0.6 is 0 Å². The van der Waals surface area contributed by atoms with Crippen molar-refractivity contribution in [1.82, 2.24) is 4.90 Å². The summed E-state index contributed by atoms with van der Waals surface area (Å²) in [5.41, 5.74) is 3.68. The Labute approximate surface area is 96.9 Å². The summed E-state index contributed by atoms with van der Waals surface area (Å²) in [5, 5.41) is 11.7. The molecule has 1 rings (SSSR count). The topological polar surface area (TPSA) is 45.1 Å². The van der Waals surface area contributed by atoms with E-state index in [2.05, 4.69) is 22.4 Å². The maximum Gasteiger partial charge on any atom is 0.0594 e. The minimum atomic E-state index is -0.311. The van der Waals surface area contributed by atoms with Gasteiger partial charge < -0.3 is 9.94 Å². The molecule has 1 aliphatic rings. The van der Waals surface area contributed by atoms with E-state index in [9.17, 15) is 0 Å². The second-order valence-corrected chi connectivity index (χ2v) is 4.51. The highest BCUT2D eigenvalue weighted by molar-refractivity contribution is 5.68. The normalized spacial score (nSPS) is 18.6. The van der Waals surface area contributed by atoms with Crippen LogP contribution in [0.2, 0.25) is 0 Å². The van der Waals surface area contributed by atoms with E-state index in [0.29, 0.717) is 0 Å². The van der Waals surface area contributed by atoms with Crippen LogP contribution in [0.1, 0.15) is 13.8 Å². The van der Waals surface area contributed by atoms with E-state index in [1.807, 2.05) is 13.8 Å². The summed E-state index contributed by atoms with van der Waals surface area (Å²) in [5.74, 6) is 0. The molecule has 0 unspecified atom stereocenters. The predicted octanol–water partition coefficient (Wildman–Crippen LogP) is 1.52. The van der Waals surface area contributed by atoms with E-state index in [0.717, 1.165) is 38.4 Å². The molecule has 0 aromatic heterocycles. The second-order valence-electron chi connectivity index (χ2n) is 4.51. The summed E-state index contributed by atoms with van der Waals surface area (Å²) in [6, 6.07) is 0. The summed E-state index contributed by atoms with van der Waals surface area (Å²) < 4.78 is 5.29. The zero-order chi connectivity index (χ0) is 12.0. The molecule has 0 saturated carbocycles. The highest BCUT2D eigenvalue weighted by Gasteiger charge is 2.24. The van der Waals surface area contributed by atoms with Crippen molar-refractivity contribution in [3.8, 4) is 0 Å². The van der Waals surface area contributed by atoms with Crippen molar-refractivity contribution in [2.24, 2.45) is 10.6 Å². The van der Waals surface area contributed by atoms with Crippen LogP contribution in [0.3, 0.4) is 0 Å². The van der Waals surface area contributed by atoms with E-state index in [-0.39, 0.29) is 5.41 Å². The van der Waals surface area contributed by atoms with Crippen molar-refractivity contribution >= 4 is 6.21 Å². The third-order valence-corrected chi connectivity index (χ3v) is 2.86. The lowest BCUT2D eigenvalue weighted by molar-refractivity contribution is 0.0410. The lowest BCUT2D eigenvalue weighted by Crippen LogP contribution is -2.39. The molecular formula is C12H20N2O2. The highest BCUT2D eigenvalue weighted by Crippen LogP contribution is 2.24. The summed E-state index contributed by atoms with van der Waals surface area (Å²) in [6.07, 6.45) is 1.51. The lowest BCUT2D eigenvalue weighted by atomic mass is 9.85. The van der Waals surface area contributed by atoms with Crippen molar-refractivity contribution in [2.75, 3.05) is 32.8 Å². The molecule has 1 saturated heterocycles. The smallest absolute Gasteiger partial charge is 0.0594 e. The lowest BCUT2D eigenvalue weighted by Gasteiger charge is -2.30. The van der Waals surface area contributed by atoms with Crippen molar-refractivity contribution in [3.05, 3.63) is 17.9 Å². The minimum absolute atomic E-state index is 0.311. The fourth-order valence-electron chi connectivity index (χ4n) is 1.69. The number of hydrogen-bond acceptors (Lipinski definition) is 4.